The van der Waals surface area contributed by atoms with Gasteiger partial charge in [0.05, 0.1) is 6.61 Å². The number of hydrogen-bond acceptors (Lipinski definition) is 4. The Morgan fingerprint density at radius 3 is 2.60 bits per heavy atom. The van der Waals surface area contributed by atoms with Crippen LogP contribution < -0.4 is 0 Å². The predicted molar refractivity (Wildman–Crippen MR) is 75.0 cm³/mol. The van der Waals surface area contributed by atoms with Crippen molar-refractivity contribution in [3.8, 4) is 5.75 Å². The summed E-state index contributed by atoms with van der Waals surface area (Å²) >= 11 is 0. The lowest BCUT2D eigenvalue weighted by atomic mass is 10.1. The fraction of sp³-hybridized carbons (Fsp3) is 0.333. The highest BCUT2D eigenvalue weighted by Gasteiger charge is 2.26. The summed E-state index contributed by atoms with van der Waals surface area (Å²) in [5, 5.41) is 10.3. The molecule has 2 aromatic rings. The molecule has 1 aromatic heterocycles. The van der Waals surface area contributed by atoms with Crippen molar-refractivity contribution < 1.29 is 19.4 Å². The third-order valence-corrected chi connectivity index (χ3v) is 3.29. The van der Waals surface area contributed by atoms with Gasteiger partial charge < -0.3 is 14.4 Å². The molecule has 20 heavy (non-hydrogen) atoms. The Hall–Kier alpha value is -2.30. The van der Waals surface area contributed by atoms with Gasteiger partial charge >= 0.3 is 5.97 Å². The van der Waals surface area contributed by atoms with Crippen LogP contribution >= 0.6 is 0 Å². The number of esters is 1. The molecule has 0 unspecified atom stereocenters. The molecule has 0 radical (unpaired) electrons. The van der Waals surface area contributed by atoms with E-state index in [-0.39, 0.29) is 12.4 Å². The van der Waals surface area contributed by atoms with Gasteiger partial charge in [0, 0.05) is 17.4 Å². The smallest absolute Gasteiger partial charge is 0.381 e. The van der Waals surface area contributed by atoms with Gasteiger partial charge in [-0.3, -0.25) is 4.79 Å². The molecule has 0 aliphatic heterocycles. The van der Waals surface area contributed by atoms with Gasteiger partial charge in [0.15, 0.2) is 0 Å². The van der Waals surface area contributed by atoms with Gasteiger partial charge in [-0.2, -0.15) is 0 Å². The van der Waals surface area contributed by atoms with Crippen molar-refractivity contribution in [3.63, 3.8) is 0 Å². The van der Waals surface area contributed by atoms with E-state index >= 15 is 0 Å². The van der Waals surface area contributed by atoms with Crippen LogP contribution in [0.4, 0.5) is 0 Å². The van der Waals surface area contributed by atoms with Crippen LogP contribution in [-0.4, -0.2) is 28.0 Å². The maximum absolute atomic E-state index is 12.2. The van der Waals surface area contributed by atoms with Gasteiger partial charge in [-0.15, -0.1) is 0 Å². The fourth-order valence-electron chi connectivity index (χ4n) is 2.42. The third kappa shape index (κ3) is 2.15. The number of fused-ring (bicyclic) bond motifs is 1. The van der Waals surface area contributed by atoms with Crippen molar-refractivity contribution in [2.24, 2.45) is 0 Å². The van der Waals surface area contributed by atoms with Crippen LogP contribution in [0.25, 0.3) is 10.9 Å². The first-order valence-electron chi connectivity index (χ1n) is 6.54. The maximum Gasteiger partial charge on any atom is 0.381 e. The van der Waals surface area contributed by atoms with Gasteiger partial charge in [-0.05, 0) is 44.5 Å². The van der Waals surface area contributed by atoms with E-state index in [0.717, 1.165) is 10.9 Å². The fourth-order valence-corrected chi connectivity index (χ4v) is 2.42. The number of aromatic nitrogens is 1. The molecule has 1 heterocycles. The van der Waals surface area contributed by atoms with Gasteiger partial charge in [0.2, 0.25) is 0 Å². The number of benzene rings is 1. The van der Waals surface area contributed by atoms with Crippen molar-refractivity contribution in [2.45, 2.75) is 27.3 Å². The van der Waals surface area contributed by atoms with Crippen LogP contribution in [0.2, 0.25) is 0 Å². The van der Waals surface area contributed by atoms with E-state index in [1.54, 1.807) is 36.6 Å². The Kier molecular flexibility index (Phi) is 3.79. The molecule has 106 valence electrons. The molecule has 1 N–H and O–H groups in total. The number of aryl methyl sites for hydroxylation is 2. The van der Waals surface area contributed by atoms with Crippen LogP contribution in [0.15, 0.2) is 18.2 Å². The number of phenolic OH excluding ortho intramolecular Hbond substituents is 1. The summed E-state index contributed by atoms with van der Waals surface area (Å²) in [6, 6.07) is 4.90. The van der Waals surface area contributed by atoms with Gasteiger partial charge in [0.1, 0.15) is 11.4 Å². The number of ketones is 1. The molecule has 0 amide bonds. The van der Waals surface area contributed by atoms with E-state index in [1.165, 1.54) is 0 Å². The number of ether oxygens (including phenoxy) is 1. The zero-order valence-electron chi connectivity index (χ0n) is 11.8. The van der Waals surface area contributed by atoms with Gasteiger partial charge in [-0.25, -0.2) is 4.79 Å². The van der Waals surface area contributed by atoms with Crippen molar-refractivity contribution in [1.82, 2.24) is 4.57 Å². The van der Waals surface area contributed by atoms with E-state index in [4.69, 9.17) is 4.74 Å². The summed E-state index contributed by atoms with van der Waals surface area (Å²) in [5.74, 6) is -1.37. The molecule has 0 aliphatic rings. The Labute approximate surface area is 116 Å². The molecule has 0 spiro atoms. The van der Waals surface area contributed by atoms with Crippen molar-refractivity contribution >= 4 is 22.7 Å². The lowest BCUT2D eigenvalue weighted by Crippen LogP contribution is -2.21. The summed E-state index contributed by atoms with van der Waals surface area (Å²) < 4.78 is 6.55. The van der Waals surface area contributed by atoms with E-state index in [0.29, 0.717) is 17.8 Å². The predicted octanol–water partition coefficient (Wildman–Crippen LogP) is 2.42. The molecule has 0 saturated heterocycles. The Balaban J connectivity index is 2.66. The average molecular weight is 275 g/mol. The average Bonchev–Trinajstić information content (AvgIpc) is 2.70. The summed E-state index contributed by atoms with van der Waals surface area (Å²) in [5.41, 5.74) is 1.82. The van der Waals surface area contributed by atoms with Crippen LogP contribution in [0.1, 0.15) is 29.9 Å². The summed E-state index contributed by atoms with van der Waals surface area (Å²) in [7, 11) is 0. The minimum Gasteiger partial charge on any atom is -0.508 e. The summed E-state index contributed by atoms with van der Waals surface area (Å²) in [4.78, 5) is 23.9. The molecular formula is C15H17NO4. The number of carbonyl (C=O) groups excluding carboxylic acids is 2. The van der Waals surface area contributed by atoms with E-state index in [9.17, 15) is 14.7 Å². The lowest BCUT2D eigenvalue weighted by Gasteiger charge is -2.07. The quantitative estimate of drug-likeness (QED) is 0.528. The summed E-state index contributed by atoms with van der Waals surface area (Å²) in [6.07, 6.45) is 0. The zero-order chi connectivity index (χ0) is 14.9. The van der Waals surface area contributed by atoms with Crippen LogP contribution in [0, 0.1) is 6.92 Å². The number of aromatic hydroxyl groups is 1. The molecule has 0 saturated carbocycles. The number of hydrogen-bond donors (Lipinski definition) is 1. The molecule has 5 nitrogen and oxygen atoms in total. The Morgan fingerprint density at radius 2 is 2.00 bits per heavy atom. The Bertz CT molecular complexity index is 685. The SMILES string of the molecule is CCOC(=O)C(=O)c1c(C)c2cc(O)ccc2n1CC. The number of Topliss-reactive ketones (excluding diaryl/α,β-unsaturated/α-hetero) is 1. The topological polar surface area (TPSA) is 68.5 Å². The van der Waals surface area contributed by atoms with E-state index in [1.807, 2.05) is 6.92 Å². The number of nitrogens with zero attached hydrogens (tertiary/aromatic N) is 1. The molecule has 2 rings (SSSR count). The molecular weight excluding hydrogens is 258 g/mol. The number of phenols is 1. The highest BCUT2D eigenvalue weighted by molar-refractivity contribution is 6.41. The maximum atomic E-state index is 12.2. The Morgan fingerprint density at radius 1 is 1.30 bits per heavy atom. The molecule has 0 aliphatic carbocycles. The monoisotopic (exact) mass is 275 g/mol. The third-order valence-electron chi connectivity index (χ3n) is 3.29. The molecule has 0 atom stereocenters. The zero-order valence-corrected chi connectivity index (χ0v) is 11.8. The second-order valence-corrected chi connectivity index (χ2v) is 4.47. The van der Waals surface area contributed by atoms with Crippen LogP contribution in [0.3, 0.4) is 0 Å². The molecule has 0 bridgehead atoms. The minimum absolute atomic E-state index is 0.129. The lowest BCUT2D eigenvalue weighted by molar-refractivity contribution is -0.137. The first-order chi connectivity index (χ1) is 9.51. The van der Waals surface area contributed by atoms with Gasteiger partial charge in [0.25, 0.3) is 5.78 Å². The van der Waals surface area contributed by atoms with Crippen LogP contribution in [-0.2, 0) is 16.1 Å². The number of rotatable bonds is 4. The second-order valence-electron chi connectivity index (χ2n) is 4.47. The largest absolute Gasteiger partial charge is 0.508 e. The van der Waals surface area contributed by atoms with Crippen molar-refractivity contribution in [3.05, 3.63) is 29.5 Å². The van der Waals surface area contributed by atoms with Crippen molar-refractivity contribution in [2.75, 3.05) is 6.61 Å². The molecule has 1 aromatic carbocycles. The summed E-state index contributed by atoms with van der Waals surface area (Å²) in [6.45, 7) is 6.03. The number of carbonyl (C=O) groups is 2. The highest BCUT2D eigenvalue weighted by Crippen LogP contribution is 2.29. The van der Waals surface area contributed by atoms with E-state index in [2.05, 4.69) is 0 Å². The van der Waals surface area contributed by atoms with Gasteiger partial charge in [-0.1, -0.05) is 0 Å². The molecule has 5 heteroatoms. The van der Waals surface area contributed by atoms with Crippen LogP contribution in [0.5, 0.6) is 5.75 Å². The van der Waals surface area contributed by atoms with Crippen molar-refractivity contribution in [1.29, 1.82) is 0 Å². The minimum atomic E-state index is -0.850. The second kappa shape index (κ2) is 5.36. The first-order valence-corrected chi connectivity index (χ1v) is 6.54. The van der Waals surface area contributed by atoms with E-state index < -0.39 is 11.8 Å². The highest BCUT2D eigenvalue weighted by atomic mass is 16.5. The molecule has 0 fully saturated rings. The first kappa shape index (κ1) is 14.1. The standard InChI is InChI=1S/C15H17NO4/c1-4-16-12-7-6-10(17)8-11(12)9(3)13(16)14(18)15(19)20-5-2/h6-8,17H,4-5H2,1-3H3. The normalized spacial score (nSPS) is 10.8.